The molecule has 0 aliphatic heterocycles. The maximum absolute atomic E-state index is 14.1. The normalized spacial score (nSPS) is 25.3. The summed E-state index contributed by atoms with van der Waals surface area (Å²) < 4.78 is 34.2. The predicted molar refractivity (Wildman–Crippen MR) is 90.0 cm³/mol. The van der Waals surface area contributed by atoms with Gasteiger partial charge in [0.25, 0.3) is 0 Å². The van der Waals surface area contributed by atoms with Gasteiger partial charge in [0.2, 0.25) is 5.91 Å². The number of carbonyl (C=O) groups excluding carboxylic acids is 1. The van der Waals surface area contributed by atoms with Crippen LogP contribution in [0.4, 0.5) is 8.78 Å². The molecule has 2 N–H and O–H groups in total. The van der Waals surface area contributed by atoms with E-state index in [1.54, 1.807) is 6.07 Å². The number of halogens is 2. The van der Waals surface area contributed by atoms with Gasteiger partial charge < -0.3 is 10.5 Å². The van der Waals surface area contributed by atoms with E-state index >= 15 is 0 Å². The molecule has 7 heteroatoms. The number of amides is 1. The summed E-state index contributed by atoms with van der Waals surface area (Å²) in [4.78, 5) is 11.2. The highest BCUT2D eigenvalue weighted by Gasteiger charge is 2.64. The lowest BCUT2D eigenvalue weighted by atomic mass is 9.77. The van der Waals surface area contributed by atoms with Crippen LogP contribution in [0.25, 0.3) is 11.3 Å². The molecule has 0 saturated heterocycles. The first kappa shape index (κ1) is 17.0. The summed E-state index contributed by atoms with van der Waals surface area (Å²) in [5, 5.41) is 8.36. The molecule has 0 spiro atoms. The van der Waals surface area contributed by atoms with Gasteiger partial charge >= 0.3 is 0 Å². The molecule has 2 aliphatic carbocycles. The van der Waals surface area contributed by atoms with E-state index < -0.39 is 23.1 Å². The predicted octanol–water partition coefficient (Wildman–Crippen LogP) is 3.04. The molecule has 1 aromatic carbocycles. The van der Waals surface area contributed by atoms with Crippen molar-refractivity contribution in [2.75, 3.05) is 6.61 Å². The van der Waals surface area contributed by atoms with Crippen LogP contribution in [-0.2, 0) is 15.1 Å². The van der Waals surface area contributed by atoms with E-state index in [0.717, 1.165) is 12.0 Å². The average Bonchev–Trinajstić information content (AvgIpc) is 2.94. The number of ether oxygens (including phenoxy) is 1. The molecule has 1 saturated carbocycles. The van der Waals surface area contributed by atoms with Crippen molar-refractivity contribution in [2.45, 2.75) is 38.2 Å². The van der Waals surface area contributed by atoms with Gasteiger partial charge in [0.05, 0.1) is 17.0 Å². The number of hydrogen-bond acceptors (Lipinski definition) is 4. The monoisotopic (exact) mass is 359 g/mol. The minimum absolute atomic E-state index is 0.106. The molecule has 1 heterocycles. The number of carbonyl (C=O) groups is 1. The first-order chi connectivity index (χ1) is 12.3. The van der Waals surface area contributed by atoms with Crippen LogP contribution in [0, 0.1) is 17.0 Å². The fourth-order valence-corrected chi connectivity index (χ4v) is 4.65. The van der Waals surface area contributed by atoms with Crippen molar-refractivity contribution in [2.24, 2.45) is 11.1 Å². The highest BCUT2D eigenvalue weighted by atomic mass is 19.1. The van der Waals surface area contributed by atoms with Crippen molar-refractivity contribution in [1.29, 1.82) is 0 Å². The van der Waals surface area contributed by atoms with Gasteiger partial charge in [0.1, 0.15) is 23.8 Å². The van der Waals surface area contributed by atoms with E-state index in [1.165, 1.54) is 18.2 Å². The SMILES string of the molecule is CC1(C)[C@H]2CC[C@]1(OCC(N)=O)c1nnc(-c3c(F)cccc3F)cc12. The Kier molecular flexibility index (Phi) is 3.63. The molecule has 0 radical (unpaired) electrons. The Morgan fingerprint density at radius 2 is 2.00 bits per heavy atom. The number of aromatic nitrogens is 2. The zero-order valence-electron chi connectivity index (χ0n) is 14.6. The number of rotatable bonds is 4. The first-order valence-electron chi connectivity index (χ1n) is 8.52. The summed E-state index contributed by atoms with van der Waals surface area (Å²) in [7, 11) is 0. The standard InChI is InChI=1S/C19H19F2N3O2/c1-18(2)11-6-7-19(18,26-9-15(22)25)17-10(11)8-14(23-24-17)16-12(20)4-3-5-13(16)21/h3-5,8,11H,6-7,9H2,1-2H3,(H2,22,25)/t11-,19-/m0/s1. The minimum Gasteiger partial charge on any atom is -0.368 e. The number of hydrogen-bond donors (Lipinski definition) is 1. The molecule has 2 aromatic rings. The van der Waals surface area contributed by atoms with Gasteiger partial charge in [-0.2, -0.15) is 5.10 Å². The Bertz CT molecular complexity index is 895. The van der Waals surface area contributed by atoms with Crippen molar-refractivity contribution in [1.82, 2.24) is 10.2 Å². The van der Waals surface area contributed by atoms with E-state index in [0.29, 0.717) is 12.1 Å². The Morgan fingerprint density at radius 3 is 2.65 bits per heavy atom. The molecule has 5 nitrogen and oxygen atoms in total. The molecule has 136 valence electrons. The molecule has 1 aromatic heterocycles. The Labute approximate surface area is 149 Å². The molecule has 2 aliphatic rings. The number of nitrogens with two attached hydrogens (primary N) is 1. The number of nitrogens with zero attached hydrogens (tertiary/aromatic N) is 2. The molecular formula is C19H19F2N3O2. The lowest BCUT2D eigenvalue weighted by Gasteiger charge is -2.37. The Balaban J connectivity index is 1.84. The third kappa shape index (κ3) is 2.13. The van der Waals surface area contributed by atoms with Crippen molar-refractivity contribution in [3.05, 3.63) is 47.2 Å². The highest BCUT2D eigenvalue weighted by molar-refractivity contribution is 5.75. The fourth-order valence-electron chi connectivity index (χ4n) is 4.65. The lowest BCUT2D eigenvalue weighted by Crippen LogP contribution is -2.40. The van der Waals surface area contributed by atoms with Crippen molar-refractivity contribution < 1.29 is 18.3 Å². The summed E-state index contributed by atoms with van der Waals surface area (Å²) >= 11 is 0. The van der Waals surface area contributed by atoms with Crippen molar-refractivity contribution >= 4 is 5.91 Å². The van der Waals surface area contributed by atoms with Crippen molar-refractivity contribution in [3.63, 3.8) is 0 Å². The van der Waals surface area contributed by atoms with Crippen LogP contribution in [0.15, 0.2) is 24.3 Å². The molecule has 1 amide bonds. The van der Waals surface area contributed by atoms with E-state index in [1.807, 2.05) is 0 Å². The van der Waals surface area contributed by atoms with Gasteiger partial charge in [0, 0.05) is 5.41 Å². The van der Waals surface area contributed by atoms with Crippen LogP contribution in [0.5, 0.6) is 0 Å². The Hall–Kier alpha value is -2.41. The smallest absolute Gasteiger partial charge is 0.243 e. The van der Waals surface area contributed by atoms with E-state index in [-0.39, 0.29) is 29.2 Å². The lowest BCUT2D eigenvalue weighted by molar-refractivity contribution is -0.142. The summed E-state index contributed by atoms with van der Waals surface area (Å²) in [5.41, 5.74) is 5.65. The summed E-state index contributed by atoms with van der Waals surface area (Å²) in [6.07, 6.45) is 1.54. The summed E-state index contributed by atoms with van der Waals surface area (Å²) in [5.74, 6) is -1.80. The van der Waals surface area contributed by atoms with Crippen LogP contribution >= 0.6 is 0 Å². The largest absolute Gasteiger partial charge is 0.368 e. The third-order valence-electron chi connectivity index (χ3n) is 5.96. The topological polar surface area (TPSA) is 78.1 Å². The summed E-state index contributed by atoms with van der Waals surface area (Å²) in [6, 6.07) is 5.40. The second kappa shape index (κ2) is 5.54. The van der Waals surface area contributed by atoms with Crippen LogP contribution in [-0.4, -0.2) is 22.7 Å². The van der Waals surface area contributed by atoms with Crippen LogP contribution in [0.3, 0.4) is 0 Å². The average molecular weight is 359 g/mol. The van der Waals surface area contributed by atoms with Crippen LogP contribution in [0.2, 0.25) is 0 Å². The maximum Gasteiger partial charge on any atom is 0.243 e. The second-order valence-corrected chi connectivity index (χ2v) is 7.53. The zero-order chi connectivity index (χ0) is 18.7. The molecule has 4 rings (SSSR count). The number of primary amides is 1. The molecule has 0 unspecified atom stereocenters. The van der Waals surface area contributed by atoms with Gasteiger partial charge in [-0.05, 0) is 42.5 Å². The maximum atomic E-state index is 14.1. The molecule has 26 heavy (non-hydrogen) atoms. The molecule has 2 bridgehead atoms. The van der Waals surface area contributed by atoms with E-state index in [9.17, 15) is 13.6 Å². The number of benzene rings is 1. The van der Waals surface area contributed by atoms with Gasteiger partial charge in [-0.15, -0.1) is 5.10 Å². The molecular weight excluding hydrogens is 340 g/mol. The highest BCUT2D eigenvalue weighted by Crippen LogP contribution is 2.67. The Morgan fingerprint density at radius 1 is 1.31 bits per heavy atom. The van der Waals surface area contributed by atoms with E-state index in [4.69, 9.17) is 10.5 Å². The number of fused-ring (bicyclic) bond motifs is 5. The molecule has 2 atom stereocenters. The minimum atomic E-state index is -0.763. The van der Waals surface area contributed by atoms with Crippen LogP contribution < -0.4 is 5.73 Å². The quantitative estimate of drug-likeness (QED) is 0.910. The zero-order valence-corrected chi connectivity index (χ0v) is 14.6. The van der Waals surface area contributed by atoms with Gasteiger partial charge in [0.15, 0.2) is 0 Å². The van der Waals surface area contributed by atoms with E-state index in [2.05, 4.69) is 24.0 Å². The van der Waals surface area contributed by atoms with Gasteiger partial charge in [-0.1, -0.05) is 19.9 Å². The van der Waals surface area contributed by atoms with Gasteiger partial charge in [-0.25, -0.2) is 8.78 Å². The first-order valence-corrected chi connectivity index (χ1v) is 8.52. The fraction of sp³-hybridized carbons (Fsp3) is 0.421. The van der Waals surface area contributed by atoms with Gasteiger partial charge in [-0.3, -0.25) is 4.79 Å². The third-order valence-corrected chi connectivity index (χ3v) is 5.96. The summed E-state index contributed by atoms with van der Waals surface area (Å²) in [6.45, 7) is 3.90. The second-order valence-electron chi connectivity index (χ2n) is 7.53. The van der Waals surface area contributed by atoms with Crippen molar-refractivity contribution in [3.8, 4) is 11.3 Å². The molecule has 1 fully saturated rings. The van der Waals surface area contributed by atoms with Crippen LogP contribution in [0.1, 0.15) is 43.9 Å².